The summed E-state index contributed by atoms with van der Waals surface area (Å²) in [5.41, 5.74) is 0.692. The monoisotopic (exact) mass is 281 g/mol. The summed E-state index contributed by atoms with van der Waals surface area (Å²) >= 11 is 3.38. The summed E-state index contributed by atoms with van der Waals surface area (Å²) in [5, 5.41) is 11.8. The van der Waals surface area contributed by atoms with Gasteiger partial charge in [-0.05, 0) is 18.6 Å². The Hall–Kier alpha value is -1.36. The number of amides is 1. The zero-order valence-corrected chi connectivity index (χ0v) is 9.74. The zero-order chi connectivity index (χ0) is 11.5. The van der Waals surface area contributed by atoms with Crippen molar-refractivity contribution in [3.8, 4) is 0 Å². The molecule has 1 heterocycles. The Morgan fingerprint density at radius 1 is 1.56 bits per heavy atom. The minimum absolute atomic E-state index is 0.193. The summed E-state index contributed by atoms with van der Waals surface area (Å²) in [4.78, 5) is 22.9. The number of nitrogens with one attached hydrogen (secondary N) is 1. The molecule has 2 unspecified atom stereocenters. The number of benzene rings is 1. The predicted octanol–water partition coefficient (Wildman–Crippen LogP) is 1.74. The summed E-state index contributed by atoms with van der Waals surface area (Å²) in [5.74, 6) is -1.69. The van der Waals surface area contributed by atoms with E-state index in [1.807, 2.05) is 12.1 Å². The van der Waals surface area contributed by atoms with Crippen molar-refractivity contribution in [2.45, 2.75) is 11.8 Å². The van der Waals surface area contributed by atoms with Gasteiger partial charge in [-0.1, -0.05) is 22.0 Å². The van der Waals surface area contributed by atoms with E-state index in [1.54, 1.807) is 6.07 Å². The number of hydrogen-bond acceptors (Lipinski definition) is 2. The second-order valence-electron chi connectivity index (χ2n) is 4.18. The number of anilines is 1. The van der Waals surface area contributed by atoms with E-state index in [9.17, 15) is 9.59 Å². The maximum Gasteiger partial charge on any atom is 0.307 e. The molecule has 1 saturated carbocycles. The lowest BCUT2D eigenvalue weighted by Crippen LogP contribution is -2.24. The molecule has 2 aliphatic rings. The van der Waals surface area contributed by atoms with Crippen molar-refractivity contribution in [1.82, 2.24) is 0 Å². The molecule has 0 saturated heterocycles. The van der Waals surface area contributed by atoms with E-state index >= 15 is 0 Å². The molecule has 1 aliphatic heterocycles. The number of halogens is 1. The quantitative estimate of drug-likeness (QED) is 0.824. The van der Waals surface area contributed by atoms with Crippen LogP contribution in [0.3, 0.4) is 0 Å². The van der Waals surface area contributed by atoms with Gasteiger partial charge < -0.3 is 10.4 Å². The predicted molar refractivity (Wildman–Crippen MR) is 60.2 cm³/mol. The van der Waals surface area contributed by atoms with Crippen LogP contribution in [0.1, 0.15) is 12.0 Å². The van der Waals surface area contributed by atoms with E-state index in [0.717, 1.165) is 15.7 Å². The Labute approximate surface area is 99.8 Å². The summed E-state index contributed by atoms with van der Waals surface area (Å²) in [6.45, 7) is 0. The lowest BCUT2D eigenvalue weighted by atomic mass is 9.95. The van der Waals surface area contributed by atoms with E-state index in [4.69, 9.17) is 5.11 Å². The van der Waals surface area contributed by atoms with Crippen molar-refractivity contribution in [2.24, 2.45) is 5.92 Å². The normalized spacial score (nSPS) is 30.1. The number of carbonyl (C=O) groups is 2. The van der Waals surface area contributed by atoms with Gasteiger partial charge in [0.15, 0.2) is 0 Å². The third-order valence-electron chi connectivity index (χ3n) is 3.37. The van der Waals surface area contributed by atoms with Gasteiger partial charge >= 0.3 is 5.97 Å². The lowest BCUT2D eigenvalue weighted by Gasteiger charge is -2.07. The second-order valence-corrected chi connectivity index (χ2v) is 5.04. The van der Waals surface area contributed by atoms with E-state index < -0.39 is 17.3 Å². The van der Waals surface area contributed by atoms with E-state index in [1.165, 1.54) is 0 Å². The lowest BCUT2D eigenvalue weighted by molar-refractivity contribution is -0.140. The fraction of sp³-hybridized carbons (Fsp3) is 0.273. The average Bonchev–Trinajstić information content (AvgIpc) is 2.87. The standard InChI is InChI=1S/C11H8BrNO3/c12-6-2-1-3-7-8(6)11(10(16)13-7)4-5(11)9(14)15/h1-3,5H,4H2,(H,13,16)(H,14,15). The zero-order valence-electron chi connectivity index (χ0n) is 8.16. The van der Waals surface area contributed by atoms with Crippen molar-refractivity contribution in [3.63, 3.8) is 0 Å². The van der Waals surface area contributed by atoms with Crippen molar-refractivity contribution in [3.05, 3.63) is 28.2 Å². The molecule has 1 fully saturated rings. The molecule has 0 bridgehead atoms. The Balaban J connectivity index is 2.18. The topological polar surface area (TPSA) is 66.4 Å². The molecule has 2 N–H and O–H groups in total. The van der Waals surface area contributed by atoms with Gasteiger partial charge in [-0.2, -0.15) is 0 Å². The smallest absolute Gasteiger partial charge is 0.307 e. The molecule has 2 atom stereocenters. The number of hydrogen-bond donors (Lipinski definition) is 2. The molecule has 1 amide bonds. The minimum atomic E-state index is -0.904. The van der Waals surface area contributed by atoms with Gasteiger partial charge in [-0.3, -0.25) is 9.59 Å². The first-order chi connectivity index (χ1) is 7.57. The maximum atomic E-state index is 11.9. The second kappa shape index (κ2) is 2.85. The number of aliphatic carboxylic acids is 1. The van der Waals surface area contributed by atoms with Crippen molar-refractivity contribution in [1.29, 1.82) is 0 Å². The highest BCUT2D eigenvalue weighted by molar-refractivity contribution is 9.10. The van der Waals surface area contributed by atoms with E-state index in [2.05, 4.69) is 21.2 Å². The molecular weight excluding hydrogens is 274 g/mol. The van der Waals surface area contributed by atoms with Crippen LogP contribution in [0, 0.1) is 5.92 Å². The first-order valence-corrected chi connectivity index (χ1v) is 5.70. The van der Waals surface area contributed by atoms with Gasteiger partial charge in [0, 0.05) is 15.7 Å². The molecule has 0 radical (unpaired) electrons. The average molecular weight is 282 g/mol. The van der Waals surface area contributed by atoms with Crippen molar-refractivity contribution >= 4 is 33.5 Å². The van der Waals surface area contributed by atoms with Gasteiger partial charge in [-0.25, -0.2) is 0 Å². The highest BCUT2D eigenvalue weighted by atomic mass is 79.9. The molecule has 1 spiro atoms. The van der Waals surface area contributed by atoms with Crippen LogP contribution in [0.5, 0.6) is 0 Å². The minimum Gasteiger partial charge on any atom is -0.481 e. The number of carboxylic acids is 1. The highest BCUT2D eigenvalue weighted by Gasteiger charge is 2.68. The fourth-order valence-corrected chi connectivity index (χ4v) is 3.24. The molecule has 4 nitrogen and oxygen atoms in total. The molecule has 1 aromatic rings. The number of rotatable bonds is 1. The highest BCUT2D eigenvalue weighted by Crippen LogP contribution is 2.61. The first kappa shape index (κ1) is 9.84. The van der Waals surface area contributed by atoms with Crippen LogP contribution in [0.15, 0.2) is 22.7 Å². The first-order valence-electron chi connectivity index (χ1n) is 4.90. The summed E-state index contributed by atoms with van der Waals surface area (Å²) < 4.78 is 0.798. The van der Waals surface area contributed by atoms with E-state index in [-0.39, 0.29) is 5.91 Å². The van der Waals surface area contributed by atoms with Gasteiger partial charge in [0.05, 0.1) is 11.3 Å². The van der Waals surface area contributed by atoms with Crippen LogP contribution in [-0.2, 0) is 15.0 Å². The largest absolute Gasteiger partial charge is 0.481 e. The maximum absolute atomic E-state index is 11.9. The summed E-state index contributed by atoms with van der Waals surface area (Å²) in [6, 6.07) is 5.45. The van der Waals surface area contributed by atoms with Crippen LogP contribution in [0.2, 0.25) is 0 Å². The van der Waals surface area contributed by atoms with Crippen LogP contribution in [0.25, 0.3) is 0 Å². The van der Waals surface area contributed by atoms with Gasteiger partial charge in [0.2, 0.25) is 5.91 Å². The van der Waals surface area contributed by atoms with Crippen molar-refractivity contribution in [2.75, 3.05) is 5.32 Å². The van der Waals surface area contributed by atoms with Gasteiger partial charge in [0.25, 0.3) is 0 Å². The van der Waals surface area contributed by atoms with E-state index in [0.29, 0.717) is 6.42 Å². The number of carboxylic acid groups (broad SMARTS) is 1. The Morgan fingerprint density at radius 3 is 2.94 bits per heavy atom. The third-order valence-corrected chi connectivity index (χ3v) is 4.03. The molecule has 3 rings (SSSR count). The Kier molecular flexibility index (Phi) is 1.75. The third kappa shape index (κ3) is 0.988. The molecule has 82 valence electrons. The molecule has 1 aromatic carbocycles. The van der Waals surface area contributed by atoms with Crippen LogP contribution >= 0.6 is 15.9 Å². The van der Waals surface area contributed by atoms with Crippen LogP contribution in [-0.4, -0.2) is 17.0 Å². The van der Waals surface area contributed by atoms with Gasteiger partial charge in [-0.15, -0.1) is 0 Å². The van der Waals surface area contributed by atoms with Crippen LogP contribution in [0.4, 0.5) is 5.69 Å². The molecule has 5 heteroatoms. The van der Waals surface area contributed by atoms with Gasteiger partial charge in [0.1, 0.15) is 0 Å². The Bertz CT molecular complexity index is 528. The Morgan fingerprint density at radius 2 is 2.31 bits per heavy atom. The molecular formula is C11H8BrNO3. The molecule has 1 aliphatic carbocycles. The molecule has 0 aromatic heterocycles. The number of fused-ring (bicyclic) bond motifs is 2. The van der Waals surface area contributed by atoms with Crippen molar-refractivity contribution < 1.29 is 14.7 Å². The SMILES string of the molecule is O=C(O)C1CC12C(=O)Nc1cccc(Br)c12. The number of carbonyl (C=O) groups excluding carboxylic acids is 1. The molecule has 16 heavy (non-hydrogen) atoms. The fourth-order valence-electron chi connectivity index (χ4n) is 2.52. The van der Waals surface area contributed by atoms with Crippen LogP contribution < -0.4 is 5.32 Å². The summed E-state index contributed by atoms with van der Waals surface area (Å²) in [6.07, 6.45) is 0.393. The summed E-state index contributed by atoms with van der Waals surface area (Å²) in [7, 11) is 0.